The van der Waals surface area contributed by atoms with Crippen molar-refractivity contribution in [3.8, 4) is 0 Å². The van der Waals surface area contributed by atoms with Gasteiger partial charge in [0.2, 0.25) is 5.91 Å². The molecule has 124 valence electrons. The SMILES string of the molecule is O=C(O)C1CC1C(=O)N(CC1CCCO1)C1CCS(=O)(=O)C1. The van der Waals surface area contributed by atoms with Gasteiger partial charge in [0.25, 0.3) is 0 Å². The van der Waals surface area contributed by atoms with Crippen molar-refractivity contribution in [2.45, 2.75) is 37.8 Å². The van der Waals surface area contributed by atoms with Gasteiger partial charge in [-0.2, -0.15) is 0 Å². The second-order valence-corrected chi connectivity index (χ2v) is 8.70. The Kier molecular flexibility index (Phi) is 4.15. The van der Waals surface area contributed by atoms with Crippen molar-refractivity contribution >= 4 is 21.7 Å². The van der Waals surface area contributed by atoms with Gasteiger partial charge < -0.3 is 14.7 Å². The van der Waals surface area contributed by atoms with E-state index in [0.29, 0.717) is 26.0 Å². The smallest absolute Gasteiger partial charge is 0.307 e. The normalized spacial score (nSPS) is 36.2. The van der Waals surface area contributed by atoms with Crippen molar-refractivity contribution < 1.29 is 27.9 Å². The maximum absolute atomic E-state index is 12.6. The molecule has 7 nitrogen and oxygen atoms in total. The Labute approximate surface area is 129 Å². The molecule has 3 rings (SSSR count). The molecule has 4 atom stereocenters. The number of nitrogens with zero attached hydrogens (tertiary/aromatic N) is 1. The molecule has 2 heterocycles. The predicted molar refractivity (Wildman–Crippen MR) is 77.0 cm³/mol. The third kappa shape index (κ3) is 3.27. The number of hydrogen-bond acceptors (Lipinski definition) is 5. The van der Waals surface area contributed by atoms with Gasteiger partial charge in [0.1, 0.15) is 0 Å². The van der Waals surface area contributed by atoms with Crippen LogP contribution >= 0.6 is 0 Å². The van der Waals surface area contributed by atoms with Gasteiger partial charge in [0.15, 0.2) is 9.84 Å². The molecule has 1 amide bonds. The zero-order valence-corrected chi connectivity index (χ0v) is 13.1. The van der Waals surface area contributed by atoms with Gasteiger partial charge in [-0.3, -0.25) is 9.59 Å². The van der Waals surface area contributed by atoms with E-state index in [1.807, 2.05) is 0 Å². The van der Waals surface area contributed by atoms with Gasteiger partial charge >= 0.3 is 5.97 Å². The number of ether oxygens (including phenoxy) is 1. The molecule has 0 radical (unpaired) electrons. The van der Waals surface area contributed by atoms with Crippen molar-refractivity contribution in [2.75, 3.05) is 24.7 Å². The summed E-state index contributed by atoms with van der Waals surface area (Å²) in [5, 5.41) is 9.00. The highest BCUT2D eigenvalue weighted by atomic mass is 32.2. The molecular formula is C14H21NO6S. The number of amides is 1. The first-order chi connectivity index (χ1) is 10.4. The first-order valence-electron chi connectivity index (χ1n) is 7.73. The summed E-state index contributed by atoms with van der Waals surface area (Å²) in [6.45, 7) is 1.04. The van der Waals surface area contributed by atoms with E-state index in [0.717, 1.165) is 12.8 Å². The lowest BCUT2D eigenvalue weighted by molar-refractivity contribution is -0.143. The van der Waals surface area contributed by atoms with Crippen LogP contribution in [0.1, 0.15) is 25.7 Å². The Morgan fingerprint density at radius 1 is 1.23 bits per heavy atom. The molecule has 1 saturated carbocycles. The van der Waals surface area contributed by atoms with E-state index in [2.05, 4.69) is 0 Å². The van der Waals surface area contributed by atoms with Crippen molar-refractivity contribution in [2.24, 2.45) is 11.8 Å². The number of carboxylic acid groups (broad SMARTS) is 1. The van der Waals surface area contributed by atoms with Crippen LogP contribution in [-0.2, 0) is 24.2 Å². The highest BCUT2D eigenvalue weighted by Gasteiger charge is 2.51. The lowest BCUT2D eigenvalue weighted by atomic mass is 10.1. The van der Waals surface area contributed by atoms with Crippen LogP contribution in [0.4, 0.5) is 0 Å². The zero-order chi connectivity index (χ0) is 15.9. The Balaban J connectivity index is 1.71. The van der Waals surface area contributed by atoms with Crippen molar-refractivity contribution in [1.29, 1.82) is 0 Å². The van der Waals surface area contributed by atoms with Gasteiger partial charge in [0, 0.05) is 19.2 Å². The van der Waals surface area contributed by atoms with E-state index >= 15 is 0 Å². The van der Waals surface area contributed by atoms with E-state index in [9.17, 15) is 18.0 Å². The Morgan fingerprint density at radius 2 is 2.00 bits per heavy atom. The van der Waals surface area contributed by atoms with E-state index < -0.39 is 27.6 Å². The Hall–Kier alpha value is -1.15. The van der Waals surface area contributed by atoms with E-state index in [-0.39, 0.29) is 29.6 Å². The third-order valence-corrected chi connectivity index (χ3v) is 6.53. The van der Waals surface area contributed by atoms with Crippen molar-refractivity contribution in [3.05, 3.63) is 0 Å². The zero-order valence-electron chi connectivity index (χ0n) is 12.3. The summed E-state index contributed by atoms with van der Waals surface area (Å²) < 4.78 is 29.0. The summed E-state index contributed by atoms with van der Waals surface area (Å²) in [6, 6.07) is -0.336. The third-order valence-electron chi connectivity index (χ3n) is 4.78. The standard InChI is InChI=1S/C14H21NO6S/c16-13(11-6-12(11)14(17)18)15(7-10-2-1-4-21-10)9-3-5-22(19,20)8-9/h9-12H,1-8H2,(H,17,18). The van der Waals surface area contributed by atoms with Crippen LogP contribution < -0.4 is 0 Å². The molecule has 3 fully saturated rings. The fourth-order valence-corrected chi connectivity index (χ4v) is 5.13. The van der Waals surface area contributed by atoms with Crippen LogP contribution in [0.3, 0.4) is 0 Å². The van der Waals surface area contributed by atoms with Gasteiger partial charge in [-0.25, -0.2) is 8.42 Å². The molecule has 0 spiro atoms. The average Bonchev–Trinajstić information content (AvgIpc) is 2.95. The number of sulfone groups is 1. The number of carbonyl (C=O) groups is 2. The summed E-state index contributed by atoms with van der Waals surface area (Å²) >= 11 is 0. The number of aliphatic carboxylic acids is 1. The molecule has 0 bridgehead atoms. The molecule has 1 aliphatic carbocycles. The molecule has 2 aliphatic heterocycles. The second kappa shape index (κ2) is 5.81. The summed E-state index contributed by atoms with van der Waals surface area (Å²) in [5.74, 6) is -2.20. The fraction of sp³-hybridized carbons (Fsp3) is 0.857. The van der Waals surface area contributed by atoms with E-state index in [1.54, 1.807) is 4.90 Å². The van der Waals surface area contributed by atoms with Crippen LogP contribution in [0.2, 0.25) is 0 Å². The molecule has 8 heteroatoms. The molecule has 3 aliphatic rings. The highest BCUT2D eigenvalue weighted by molar-refractivity contribution is 7.91. The molecular weight excluding hydrogens is 310 g/mol. The van der Waals surface area contributed by atoms with Crippen LogP contribution in [0.15, 0.2) is 0 Å². The van der Waals surface area contributed by atoms with Crippen molar-refractivity contribution in [3.63, 3.8) is 0 Å². The lowest BCUT2D eigenvalue weighted by Crippen LogP contribution is -2.46. The number of carboxylic acids is 1. The molecule has 2 saturated heterocycles. The minimum Gasteiger partial charge on any atom is -0.481 e. The van der Waals surface area contributed by atoms with Gasteiger partial charge in [0.05, 0.1) is 29.4 Å². The molecule has 0 aromatic carbocycles. The molecule has 4 unspecified atom stereocenters. The largest absolute Gasteiger partial charge is 0.481 e. The molecule has 0 aromatic rings. The van der Waals surface area contributed by atoms with Gasteiger partial charge in [-0.05, 0) is 25.7 Å². The molecule has 22 heavy (non-hydrogen) atoms. The van der Waals surface area contributed by atoms with Gasteiger partial charge in [-0.15, -0.1) is 0 Å². The maximum Gasteiger partial charge on any atom is 0.307 e. The number of rotatable bonds is 5. The number of carbonyl (C=O) groups excluding carboxylic acids is 1. The molecule has 1 N–H and O–H groups in total. The Bertz CT molecular complexity index is 568. The van der Waals surface area contributed by atoms with Gasteiger partial charge in [-0.1, -0.05) is 0 Å². The minimum absolute atomic E-state index is 0.0179. The first-order valence-corrected chi connectivity index (χ1v) is 9.55. The van der Waals surface area contributed by atoms with Crippen LogP contribution in [0.25, 0.3) is 0 Å². The maximum atomic E-state index is 12.6. The summed E-state index contributed by atoms with van der Waals surface area (Å²) in [7, 11) is -3.09. The highest BCUT2D eigenvalue weighted by Crippen LogP contribution is 2.41. The number of hydrogen-bond donors (Lipinski definition) is 1. The van der Waals surface area contributed by atoms with Crippen molar-refractivity contribution in [1.82, 2.24) is 4.90 Å². The summed E-state index contributed by atoms with van der Waals surface area (Å²) in [4.78, 5) is 25.2. The molecule has 0 aromatic heterocycles. The fourth-order valence-electron chi connectivity index (χ4n) is 3.40. The first kappa shape index (κ1) is 15.7. The summed E-state index contributed by atoms with van der Waals surface area (Å²) in [6.07, 6.45) is 2.53. The topological polar surface area (TPSA) is 101 Å². The Morgan fingerprint density at radius 3 is 2.50 bits per heavy atom. The summed E-state index contributed by atoms with van der Waals surface area (Å²) in [5.41, 5.74) is 0. The van der Waals surface area contributed by atoms with E-state index in [4.69, 9.17) is 9.84 Å². The lowest BCUT2D eigenvalue weighted by Gasteiger charge is -2.30. The minimum atomic E-state index is -3.09. The van der Waals surface area contributed by atoms with Crippen LogP contribution in [0.5, 0.6) is 0 Å². The van der Waals surface area contributed by atoms with Crippen LogP contribution in [0, 0.1) is 11.8 Å². The quantitative estimate of drug-likeness (QED) is 0.755. The van der Waals surface area contributed by atoms with E-state index in [1.165, 1.54) is 0 Å². The predicted octanol–water partition coefficient (Wildman–Crippen LogP) is -0.0982. The van der Waals surface area contributed by atoms with Crippen LogP contribution in [-0.4, -0.2) is 67.1 Å². The average molecular weight is 331 g/mol. The second-order valence-electron chi connectivity index (χ2n) is 6.47. The monoisotopic (exact) mass is 331 g/mol.